The van der Waals surface area contributed by atoms with Crippen LogP contribution in [0.3, 0.4) is 0 Å². The molecule has 0 aliphatic heterocycles. The number of carbonyl (C=O) groups is 4. The second kappa shape index (κ2) is 15.3. The fraction of sp³-hybridized carbons (Fsp3) is 0.600. The minimum absolute atomic E-state index is 0. The first-order valence-corrected chi connectivity index (χ1v) is 5.11. The van der Waals surface area contributed by atoms with Crippen molar-refractivity contribution in [3.63, 3.8) is 0 Å². The molecular formula is C10H15CeO8-. The Balaban J connectivity index is -0.000000256. The first kappa shape index (κ1) is 23.4. The van der Waals surface area contributed by atoms with Gasteiger partial charge in [0, 0.05) is 67.0 Å². The predicted octanol–water partition coefficient (Wildman–Crippen LogP) is -0.683. The van der Waals surface area contributed by atoms with Crippen molar-refractivity contribution in [3.8, 4) is 0 Å². The van der Waals surface area contributed by atoms with Gasteiger partial charge in [0.2, 0.25) is 0 Å². The van der Waals surface area contributed by atoms with E-state index in [9.17, 15) is 24.3 Å². The Morgan fingerprint density at radius 2 is 0.947 bits per heavy atom. The zero-order chi connectivity index (χ0) is 14.6. The molecule has 9 heteroatoms. The summed E-state index contributed by atoms with van der Waals surface area (Å²) in [6.07, 6.45) is -0.0405. The third kappa shape index (κ3) is 31.7. The molecule has 0 heterocycles. The van der Waals surface area contributed by atoms with Crippen molar-refractivity contribution in [2.24, 2.45) is 0 Å². The summed E-state index contributed by atoms with van der Waals surface area (Å²) in [5.41, 5.74) is 0. The van der Waals surface area contributed by atoms with Gasteiger partial charge in [-0.3, -0.25) is 14.4 Å². The first-order valence-electron chi connectivity index (χ1n) is 5.11. The van der Waals surface area contributed by atoms with Crippen LogP contribution in [0.2, 0.25) is 0 Å². The number of carboxylic acid groups (broad SMARTS) is 4. The summed E-state index contributed by atoms with van der Waals surface area (Å²) in [6, 6.07) is 0. The number of carbonyl (C=O) groups excluding carboxylic acids is 1. The topological polar surface area (TPSA) is 152 Å². The van der Waals surface area contributed by atoms with Crippen molar-refractivity contribution >= 4 is 23.9 Å². The summed E-state index contributed by atoms with van der Waals surface area (Å²) in [5, 5.41) is 33.8. The van der Waals surface area contributed by atoms with Gasteiger partial charge in [-0.25, -0.2) is 0 Å². The third-order valence-electron chi connectivity index (χ3n) is 1.55. The van der Waals surface area contributed by atoms with Crippen LogP contribution >= 0.6 is 0 Å². The maximum Gasteiger partial charge on any atom is 0.303 e. The molecule has 0 fully saturated rings. The summed E-state index contributed by atoms with van der Waals surface area (Å²) >= 11 is 0. The van der Waals surface area contributed by atoms with Crippen molar-refractivity contribution in [1.29, 1.82) is 0 Å². The van der Waals surface area contributed by atoms with Gasteiger partial charge in [0.1, 0.15) is 0 Å². The van der Waals surface area contributed by atoms with Crippen LogP contribution in [-0.4, -0.2) is 39.2 Å². The zero-order valence-electron chi connectivity index (χ0n) is 10.1. The molecule has 0 amide bonds. The second-order valence-electron chi connectivity index (χ2n) is 3.26. The van der Waals surface area contributed by atoms with E-state index in [0.29, 0.717) is 0 Å². The summed E-state index contributed by atoms with van der Waals surface area (Å²) < 4.78 is 0. The van der Waals surface area contributed by atoms with Gasteiger partial charge in [0.15, 0.2) is 0 Å². The Hall–Kier alpha value is -0.743. The van der Waals surface area contributed by atoms with Crippen LogP contribution in [-0.2, 0) is 19.2 Å². The van der Waals surface area contributed by atoms with Crippen LogP contribution in [0.5, 0.6) is 0 Å². The summed E-state index contributed by atoms with van der Waals surface area (Å²) in [4.78, 5) is 39.0. The Morgan fingerprint density at radius 1 is 0.684 bits per heavy atom. The molecule has 3 N–H and O–H groups in total. The molecule has 0 bridgehead atoms. The first-order chi connectivity index (χ1) is 8.25. The molecule has 0 spiro atoms. The van der Waals surface area contributed by atoms with Gasteiger partial charge < -0.3 is 25.2 Å². The molecule has 8 nitrogen and oxygen atoms in total. The number of hydrogen-bond donors (Lipinski definition) is 3. The Labute approximate surface area is 143 Å². The molecule has 0 rings (SSSR count). The molecule has 0 saturated heterocycles. The van der Waals surface area contributed by atoms with Crippen LogP contribution in [0.15, 0.2) is 0 Å². The van der Waals surface area contributed by atoms with Gasteiger partial charge in [0.05, 0.1) is 0 Å². The summed E-state index contributed by atoms with van der Waals surface area (Å²) in [6.45, 7) is 0. The molecule has 0 aliphatic rings. The number of rotatable bonds is 8. The molecule has 0 aromatic heterocycles. The van der Waals surface area contributed by atoms with E-state index in [2.05, 4.69) is 0 Å². The molecular weight excluding hydrogens is 388 g/mol. The van der Waals surface area contributed by atoms with Crippen molar-refractivity contribution in [2.45, 2.75) is 38.5 Å². The van der Waals surface area contributed by atoms with Gasteiger partial charge in [0.25, 0.3) is 0 Å². The normalized spacial score (nSPS) is 8.42. The van der Waals surface area contributed by atoms with E-state index in [4.69, 9.17) is 15.3 Å². The maximum atomic E-state index is 9.79. The van der Waals surface area contributed by atoms with E-state index in [1.807, 2.05) is 0 Å². The molecule has 0 aliphatic carbocycles. The van der Waals surface area contributed by atoms with Gasteiger partial charge in [-0.2, -0.15) is 0 Å². The van der Waals surface area contributed by atoms with Crippen LogP contribution in [0.4, 0.5) is 0 Å². The largest absolute Gasteiger partial charge is 0.550 e. The number of hydrogen-bond acceptors (Lipinski definition) is 5. The van der Waals surface area contributed by atoms with Crippen LogP contribution in [0, 0.1) is 41.7 Å². The standard InChI is InChI=1S/2C5H8O4.Ce/c2*6-4(7)2-1-3-5(8)9;/h2*1-3H2,(H,6,7)(H,8,9);/p-1. The van der Waals surface area contributed by atoms with E-state index in [1.54, 1.807) is 0 Å². The fourth-order valence-corrected chi connectivity index (χ4v) is 0.775. The van der Waals surface area contributed by atoms with Gasteiger partial charge in [-0.15, -0.1) is 0 Å². The third-order valence-corrected chi connectivity index (χ3v) is 1.55. The molecule has 0 saturated carbocycles. The maximum absolute atomic E-state index is 9.79. The van der Waals surface area contributed by atoms with Gasteiger partial charge in [-0.05, 0) is 19.3 Å². The van der Waals surface area contributed by atoms with E-state index >= 15 is 0 Å². The van der Waals surface area contributed by atoms with E-state index in [-0.39, 0.29) is 80.3 Å². The van der Waals surface area contributed by atoms with E-state index in [0.717, 1.165) is 0 Å². The summed E-state index contributed by atoms with van der Waals surface area (Å²) in [5.74, 6) is -4.07. The average molecular weight is 403 g/mol. The fourth-order valence-electron chi connectivity index (χ4n) is 0.775. The van der Waals surface area contributed by atoms with Crippen molar-refractivity contribution < 1.29 is 81.4 Å². The van der Waals surface area contributed by atoms with E-state index < -0.39 is 23.9 Å². The minimum atomic E-state index is -1.20. The molecule has 0 unspecified atom stereocenters. The quantitative estimate of drug-likeness (QED) is 0.482. The second-order valence-corrected chi connectivity index (χ2v) is 3.26. The van der Waals surface area contributed by atoms with E-state index in [1.165, 1.54) is 0 Å². The average Bonchev–Trinajstić information content (AvgIpc) is 2.15. The van der Waals surface area contributed by atoms with Crippen LogP contribution in [0.25, 0.3) is 0 Å². The molecule has 0 atom stereocenters. The minimum Gasteiger partial charge on any atom is -0.550 e. The smallest absolute Gasteiger partial charge is 0.303 e. The number of aliphatic carboxylic acids is 4. The monoisotopic (exact) mass is 403 g/mol. The number of carboxylic acids is 4. The molecule has 19 heavy (non-hydrogen) atoms. The Bertz CT molecular complexity index is 244. The van der Waals surface area contributed by atoms with Gasteiger partial charge >= 0.3 is 17.9 Å². The van der Waals surface area contributed by atoms with Crippen LogP contribution in [0.1, 0.15) is 38.5 Å². The Morgan fingerprint density at radius 3 is 1.16 bits per heavy atom. The Kier molecular flexibility index (Phi) is 18.8. The summed E-state index contributed by atoms with van der Waals surface area (Å²) in [7, 11) is 0. The van der Waals surface area contributed by atoms with Crippen molar-refractivity contribution in [1.82, 2.24) is 0 Å². The molecule has 0 aromatic carbocycles. The predicted molar refractivity (Wildman–Crippen MR) is 55.6 cm³/mol. The zero-order valence-corrected chi connectivity index (χ0v) is 13.3. The SMILES string of the molecule is O=C(O)CCCC(=O)O.O=C([O-])CCCC(=O)O.[Ce]. The molecule has 0 radical (unpaired) electrons. The molecule has 0 aromatic rings. The van der Waals surface area contributed by atoms with Crippen LogP contribution < -0.4 is 5.11 Å². The van der Waals surface area contributed by atoms with Crippen molar-refractivity contribution in [3.05, 3.63) is 0 Å². The molecule has 108 valence electrons. The van der Waals surface area contributed by atoms with Crippen molar-refractivity contribution in [2.75, 3.05) is 0 Å². The van der Waals surface area contributed by atoms with Gasteiger partial charge in [-0.1, -0.05) is 0 Å².